The summed E-state index contributed by atoms with van der Waals surface area (Å²) in [5, 5.41) is 1.12. The molecule has 0 saturated carbocycles. The third-order valence-electron chi connectivity index (χ3n) is 3.22. The second-order valence-electron chi connectivity index (χ2n) is 4.55. The summed E-state index contributed by atoms with van der Waals surface area (Å²) in [6.45, 7) is 0. The first-order valence-corrected chi connectivity index (χ1v) is 7.04. The third kappa shape index (κ3) is 3.86. The Morgan fingerprint density at radius 3 is 2.57 bits per heavy atom. The van der Waals surface area contributed by atoms with E-state index in [-0.39, 0.29) is 11.8 Å². The molecule has 2 aromatic carbocycles. The topological polar surface area (TPSA) is 47.3 Å². The van der Waals surface area contributed by atoms with E-state index in [1.54, 1.807) is 24.3 Å². The number of methoxy groups -OCH3 is 1. The minimum absolute atomic E-state index is 0.194. The van der Waals surface area contributed by atoms with Crippen molar-refractivity contribution in [3.8, 4) is 5.75 Å². The molecule has 112 valence electrons. The normalized spacial score (nSPS) is 12.2. The van der Waals surface area contributed by atoms with Crippen molar-refractivity contribution in [2.45, 2.75) is 12.5 Å². The molecule has 0 fully saturated rings. The maximum Gasteiger partial charge on any atom is 0.165 e. The van der Waals surface area contributed by atoms with Crippen LogP contribution in [0.5, 0.6) is 5.75 Å². The number of rotatable bonds is 5. The number of hydrogen-bond acceptors (Lipinski definition) is 3. The third-order valence-corrected chi connectivity index (χ3v) is 3.81. The number of nitrogens with one attached hydrogen (secondary N) is 1. The molecule has 2 rings (SSSR count). The fraction of sp³-hybridized carbons (Fsp3) is 0.200. The van der Waals surface area contributed by atoms with Crippen LogP contribution < -0.4 is 16.0 Å². The predicted octanol–water partition coefficient (Wildman–Crippen LogP) is 3.89. The van der Waals surface area contributed by atoms with Gasteiger partial charge in [0, 0.05) is 10.0 Å². The van der Waals surface area contributed by atoms with Gasteiger partial charge in [-0.05, 0) is 41.8 Å². The van der Waals surface area contributed by atoms with E-state index in [1.807, 2.05) is 6.07 Å². The minimum atomic E-state index is -0.433. The molecule has 3 N–H and O–H groups in total. The largest absolute Gasteiger partial charge is 0.494 e. The average molecular weight is 329 g/mol. The summed E-state index contributed by atoms with van der Waals surface area (Å²) in [6.07, 6.45) is 0.512. The van der Waals surface area contributed by atoms with Crippen LogP contribution in [0.3, 0.4) is 0 Å². The molecule has 0 amide bonds. The summed E-state index contributed by atoms with van der Waals surface area (Å²) in [4.78, 5) is 0. The number of hydrazine groups is 1. The quantitative estimate of drug-likeness (QED) is 0.646. The van der Waals surface area contributed by atoms with Crippen molar-refractivity contribution < 1.29 is 9.13 Å². The molecule has 21 heavy (non-hydrogen) atoms. The number of nitrogens with two attached hydrogens (primary N) is 1. The van der Waals surface area contributed by atoms with E-state index in [4.69, 9.17) is 33.8 Å². The predicted molar refractivity (Wildman–Crippen MR) is 83.2 cm³/mol. The van der Waals surface area contributed by atoms with E-state index in [9.17, 15) is 4.39 Å². The Balaban J connectivity index is 2.25. The van der Waals surface area contributed by atoms with E-state index in [0.29, 0.717) is 22.0 Å². The highest BCUT2D eigenvalue weighted by Gasteiger charge is 2.15. The molecule has 3 nitrogen and oxygen atoms in total. The first kappa shape index (κ1) is 16.0. The van der Waals surface area contributed by atoms with E-state index >= 15 is 0 Å². The number of benzene rings is 2. The van der Waals surface area contributed by atoms with Crippen LogP contribution in [0.15, 0.2) is 36.4 Å². The molecule has 0 aliphatic rings. The van der Waals surface area contributed by atoms with E-state index in [1.165, 1.54) is 13.2 Å². The lowest BCUT2D eigenvalue weighted by atomic mass is 9.99. The van der Waals surface area contributed by atoms with Crippen LogP contribution in [0.4, 0.5) is 4.39 Å². The smallest absolute Gasteiger partial charge is 0.165 e. The highest BCUT2D eigenvalue weighted by Crippen LogP contribution is 2.27. The van der Waals surface area contributed by atoms with Crippen LogP contribution in [-0.2, 0) is 6.42 Å². The van der Waals surface area contributed by atoms with Gasteiger partial charge in [-0.2, -0.15) is 0 Å². The molecule has 0 spiro atoms. The van der Waals surface area contributed by atoms with Crippen molar-refractivity contribution >= 4 is 23.2 Å². The Labute approximate surface area is 132 Å². The fourth-order valence-electron chi connectivity index (χ4n) is 2.08. The van der Waals surface area contributed by atoms with Crippen molar-refractivity contribution in [2.24, 2.45) is 5.84 Å². The zero-order chi connectivity index (χ0) is 15.4. The van der Waals surface area contributed by atoms with Gasteiger partial charge in [0.25, 0.3) is 0 Å². The molecule has 2 aromatic rings. The van der Waals surface area contributed by atoms with Crippen molar-refractivity contribution in [3.05, 3.63) is 63.4 Å². The maximum absolute atomic E-state index is 13.8. The second kappa shape index (κ2) is 7.09. The van der Waals surface area contributed by atoms with Gasteiger partial charge in [-0.3, -0.25) is 11.3 Å². The summed E-state index contributed by atoms with van der Waals surface area (Å²) in [7, 11) is 1.42. The molecule has 0 saturated heterocycles. The van der Waals surface area contributed by atoms with Crippen LogP contribution in [0, 0.1) is 5.82 Å². The minimum Gasteiger partial charge on any atom is -0.494 e. The molecule has 0 aliphatic heterocycles. The molecular formula is C15H15Cl2FN2O. The fourth-order valence-corrected chi connectivity index (χ4v) is 2.57. The lowest BCUT2D eigenvalue weighted by molar-refractivity contribution is 0.385. The SMILES string of the molecule is COc1ccc(C(Cc2ccc(Cl)cc2Cl)NN)cc1F. The summed E-state index contributed by atoms with van der Waals surface area (Å²) >= 11 is 12.0. The van der Waals surface area contributed by atoms with Crippen molar-refractivity contribution in [3.63, 3.8) is 0 Å². The first-order valence-electron chi connectivity index (χ1n) is 6.28. The van der Waals surface area contributed by atoms with Crippen molar-refractivity contribution in [1.82, 2.24) is 5.43 Å². The highest BCUT2D eigenvalue weighted by atomic mass is 35.5. The van der Waals surface area contributed by atoms with E-state index < -0.39 is 5.82 Å². The Morgan fingerprint density at radius 1 is 1.24 bits per heavy atom. The van der Waals surface area contributed by atoms with Crippen LogP contribution >= 0.6 is 23.2 Å². The summed E-state index contributed by atoms with van der Waals surface area (Å²) < 4.78 is 18.7. The average Bonchev–Trinajstić information content (AvgIpc) is 2.46. The molecule has 1 atom stereocenters. The van der Waals surface area contributed by atoms with E-state index in [2.05, 4.69) is 5.43 Å². The van der Waals surface area contributed by atoms with Crippen LogP contribution in [0.2, 0.25) is 10.0 Å². The molecule has 0 aliphatic carbocycles. The van der Waals surface area contributed by atoms with Crippen LogP contribution in [0.25, 0.3) is 0 Å². The molecule has 0 bridgehead atoms. The molecule has 0 aromatic heterocycles. The van der Waals surface area contributed by atoms with Gasteiger partial charge in [0.2, 0.25) is 0 Å². The Bertz CT molecular complexity index is 637. The van der Waals surface area contributed by atoms with Crippen LogP contribution in [-0.4, -0.2) is 7.11 Å². The summed E-state index contributed by atoms with van der Waals surface area (Å²) in [5.74, 6) is 5.34. The number of ether oxygens (including phenoxy) is 1. The summed E-state index contributed by atoms with van der Waals surface area (Å²) in [6, 6.07) is 9.70. The monoisotopic (exact) mass is 328 g/mol. The van der Waals surface area contributed by atoms with Crippen molar-refractivity contribution in [1.29, 1.82) is 0 Å². The molecule has 6 heteroatoms. The zero-order valence-electron chi connectivity index (χ0n) is 11.4. The van der Waals surface area contributed by atoms with Gasteiger partial charge < -0.3 is 4.74 Å². The Hall–Kier alpha value is -1.33. The lowest BCUT2D eigenvalue weighted by Gasteiger charge is -2.18. The van der Waals surface area contributed by atoms with Crippen molar-refractivity contribution in [2.75, 3.05) is 7.11 Å². The summed E-state index contributed by atoms with van der Waals surface area (Å²) in [5.41, 5.74) is 4.26. The highest BCUT2D eigenvalue weighted by molar-refractivity contribution is 6.35. The zero-order valence-corrected chi connectivity index (χ0v) is 12.9. The first-order chi connectivity index (χ1) is 10.0. The lowest BCUT2D eigenvalue weighted by Crippen LogP contribution is -2.29. The molecule has 0 heterocycles. The molecule has 0 radical (unpaired) electrons. The maximum atomic E-state index is 13.8. The molecular weight excluding hydrogens is 314 g/mol. The van der Waals surface area contributed by atoms with Gasteiger partial charge >= 0.3 is 0 Å². The Morgan fingerprint density at radius 2 is 2.00 bits per heavy atom. The van der Waals surface area contributed by atoms with Gasteiger partial charge in [0.05, 0.1) is 13.2 Å². The van der Waals surface area contributed by atoms with E-state index in [0.717, 1.165) is 5.56 Å². The second-order valence-corrected chi connectivity index (χ2v) is 5.40. The van der Waals surface area contributed by atoms with Gasteiger partial charge in [0.1, 0.15) is 0 Å². The Kier molecular flexibility index (Phi) is 5.42. The van der Waals surface area contributed by atoms with Gasteiger partial charge in [-0.15, -0.1) is 0 Å². The van der Waals surface area contributed by atoms with Gasteiger partial charge in [-0.1, -0.05) is 35.3 Å². The van der Waals surface area contributed by atoms with Gasteiger partial charge in [-0.25, -0.2) is 4.39 Å². The number of halogens is 3. The standard InChI is InChI=1S/C15H15Cl2FN2O/c1-21-15-5-3-10(6-13(15)18)14(20-19)7-9-2-4-11(16)8-12(9)17/h2-6,8,14,20H,7,19H2,1H3. The van der Waals surface area contributed by atoms with Gasteiger partial charge in [0.15, 0.2) is 11.6 Å². The molecule has 1 unspecified atom stereocenters. The number of hydrogen-bond donors (Lipinski definition) is 2. The van der Waals surface area contributed by atoms with Crippen LogP contribution in [0.1, 0.15) is 17.2 Å².